The summed E-state index contributed by atoms with van der Waals surface area (Å²) < 4.78 is 0. The van der Waals surface area contributed by atoms with Crippen LogP contribution in [-0.2, 0) is 0 Å². The summed E-state index contributed by atoms with van der Waals surface area (Å²) in [5.74, 6) is 0. The molecule has 14 heavy (non-hydrogen) atoms. The molecule has 0 atom stereocenters. The van der Waals surface area contributed by atoms with Crippen molar-refractivity contribution >= 4 is 0 Å². The van der Waals surface area contributed by atoms with Gasteiger partial charge in [-0.15, -0.1) is 6.58 Å². The summed E-state index contributed by atoms with van der Waals surface area (Å²) >= 11 is 0. The minimum atomic E-state index is 0.688. The van der Waals surface area contributed by atoms with Gasteiger partial charge < -0.3 is 0 Å². The van der Waals surface area contributed by atoms with Crippen LogP contribution in [0.25, 0.3) is 0 Å². The average Bonchev–Trinajstić information content (AvgIpc) is 2.21. The summed E-state index contributed by atoms with van der Waals surface area (Å²) in [4.78, 5) is 0. The lowest BCUT2D eigenvalue weighted by molar-refractivity contribution is 0.767. The van der Waals surface area contributed by atoms with E-state index in [1.54, 1.807) is 0 Å². The molecule has 0 aliphatic heterocycles. The highest BCUT2D eigenvalue weighted by atomic mass is 14.2. The molecule has 76 valence electrons. The van der Waals surface area contributed by atoms with Gasteiger partial charge in [-0.1, -0.05) is 30.4 Å². The second-order valence-corrected chi connectivity index (χ2v) is 3.11. The van der Waals surface area contributed by atoms with Gasteiger partial charge in [0.2, 0.25) is 0 Å². The van der Waals surface area contributed by atoms with Crippen LogP contribution >= 0.6 is 0 Å². The number of nitriles is 1. The van der Waals surface area contributed by atoms with Crippen LogP contribution < -0.4 is 0 Å². The normalized spacial score (nSPS) is 10.8. The van der Waals surface area contributed by atoms with Crippen LogP contribution in [0.3, 0.4) is 0 Å². The van der Waals surface area contributed by atoms with Crippen molar-refractivity contribution in [3.63, 3.8) is 0 Å². The Morgan fingerprint density at radius 3 is 2.43 bits per heavy atom. The van der Waals surface area contributed by atoms with Gasteiger partial charge in [-0.2, -0.15) is 5.26 Å². The lowest BCUT2D eigenvalue weighted by Gasteiger charge is -1.89. The monoisotopic (exact) mass is 189 g/mol. The van der Waals surface area contributed by atoms with Gasteiger partial charge in [0.05, 0.1) is 6.07 Å². The highest BCUT2D eigenvalue weighted by Gasteiger charge is 1.83. The maximum Gasteiger partial charge on any atom is 0.0621 e. The number of hydrogen-bond acceptors (Lipinski definition) is 1. The van der Waals surface area contributed by atoms with Gasteiger partial charge in [0, 0.05) is 6.42 Å². The number of allylic oxidation sites excluding steroid dienone is 5. The largest absolute Gasteiger partial charge is 0.198 e. The Morgan fingerprint density at radius 2 is 1.71 bits per heavy atom. The first-order chi connectivity index (χ1) is 6.91. The molecular weight excluding hydrogens is 170 g/mol. The van der Waals surface area contributed by atoms with Gasteiger partial charge in [0.1, 0.15) is 0 Å². The molecule has 0 saturated carbocycles. The van der Waals surface area contributed by atoms with Crippen LogP contribution in [0.1, 0.15) is 38.5 Å². The standard InChI is InChI=1S/C13H19N/c1-2-3-4-5-6-7-8-9-10-11-12-13-14/h2,4-5,7-8H,1,3,6,9-12H2/b5-4+,8-7+. The van der Waals surface area contributed by atoms with Crippen LogP contribution in [0.4, 0.5) is 0 Å². The molecule has 0 heterocycles. The maximum absolute atomic E-state index is 8.30. The third-order valence-electron chi connectivity index (χ3n) is 1.82. The van der Waals surface area contributed by atoms with Crippen molar-refractivity contribution in [1.29, 1.82) is 5.26 Å². The first-order valence-corrected chi connectivity index (χ1v) is 5.19. The molecule has 1 heteroatoms. The van der Waals surface area contributed by atoms with Gasteiger partial charge in [0.25, 0.3) is 0 Å². The van der Waals surface area contributed by atoms with E-state index < -0.39 is 0 Å². The molecule has 0 saturated heterocycles. The number of hydrogen-bond donors (Lipinski definition) is 0. The van der Waals surface area contributed by atoms with Crippen molar-refractivity contribution in [3.8, 4) is 6.07 Å². The fourth-order valence-corrected chi connectivity index (χ4v) is 1.05. The Balaban J connectivity index is 3.19. The van der Waals surface area contributed by atoms with Crippen LogP contribution in [0.5, 0.6) is 0 Å². The minimum Gasteiger partial charge on any atom is -0.198 e. The summed E-state index contributed by atoms with van der Waals surface area (Å²) in [6, 6.07) is 2.15. The van der Waals surface area contributed by atoms with Crippen molar-refractivity contribution in [2.45, 2.75) is 38.5 Å². The summed E-state index contributed by atoms with van der Waals surface area (Å²) in [5, 5.41) is 8.30. The Hall–Kier alpha value is -1.29. The zero-order valence-corrected chi connectivity index (χ0v) is 8.78. The molecule has 0 radical (unpaired) electrons. The van der Waals surface area contributed by atoms with E-state index in [9.17, 15) is 0 Å². The van der Waals surface area contributed by atoms with E-state index >= 15 is 0 Å². The van der Waals surface area contributed by atoms with E-state index in [0.717, 1.165) is 32.1 Å². The predicted molar refractivity (Wildman–Crippen MR) is 61.8 cm³/mol. The second kappa shape index (κ2) is 11.7. The molecule has 1 nitrogen and oxygen atoms in total. The summed E-state index contributed by atoms with van der Waals surface area (Å²) in [7, 11) is 0. The second-order valence-electron chi connectivity index (χ2n) is 3.11. The van der Waals surface area contributed by atoms with Gasteiger partial charge >= 0.3 is 0 Å². The van der Waals surface area contributed by atoms with Crippen LogP contribution in [0.15, 0.2) is 37.0 Å². The molecule has 0 N–H and O–H groups in total. The number of unbranched alkanes of at least 4 members (excludes halogenated alkanes) is 3. The van der Waals surface area contributed by atoms with E-state index in [4.69, 9.17) is 5.26 Å². The smallest absolute Gasteiger partial charge is 0.0621 e. The molecule has 0 aliphatic carbocycles. The van der Waals surface area contributed by atoms with Gasteiger partial charge in [0.15, 0.2) is 0 Å². The van der Waals surface area contributed by atoms with Crippen molar-refractivity contribution in [1.82, 2.24) is 0 Å². The average molecular weight is 189 g/mol. The van der Waals surface area contributed by atoms with Crippen molar-refractivity contribution in [3.05, 3.63) is 37.0 Å². The predicted octanol–water partition coefficient (Wildman–Crippen LogP) is 4.15. The number of rotatable bonds is 8. The molecule has 0 aliphatic rings. The molecule has 0 bridgehead atoms. The van der Waals surface area contributed by atoms with Gasteiger partial charge in [-0.3, -0.25) is 0 Å². The molecule has 0 aromatic carbocycles. The van der Waals surface area contributed by atoms with E-state index in [1.165, 1.54) is 0 Å². The van der Waals surface area contributed by atoms with Crippen LogP contribution in [0, 0.1) is 11.3 Å². The summed E-state index contributed by atoms with van der Waals surface area (Å²) in [5.41, 5.74) is 0. The van der Waals surface area contributed by atoms with E-state index in [1.807, 2.05) is 6.08 Å². The van der Waals surface area contributed by atoms with Crippen LogP contribution in [0.2, 0.25) is 0 Å². The molecule has 0 aromatic rings. The maximum atomic E-state index is 8.30. The highest BCUT2D eigenvalue weighted by molar-refractivity contribution is 4.95. The highest BCUT2D eigenvalue weighted by Crippen LogP contribution is 2.00. The molecule has 0 amide bonds. The fraction of sp³-hybridized carbons (Fsp3) is 0.462. The summed E-state index contributed by atoms with van der Waals surface area (Å²) in [6.45, 7) is 3.64. The van der Waals surface area contributed by atoms with Crippen molar-refractivity contribution in [2.24, 2.45) is 0 Å². The Labute approximate surface area is 87.4 Å². The number of nitrogens with zero attached hydrogens (tertiary/aromatic N) is 1. The van der Waals surface area contributed by atoms with E-state index in [0.29, 0.717) is 6.42 Å². The Morgan fingerprint density at radius 1 is 1.00 bits per heavy atom. The fourth-order valence-electron chi connectivity index (χ4n) is 1.05. The third kappa shape index (κ3) is 10.7. The first kappa shape index (κ1) is 12.7. The van der Waals surface area contributed by atoms with E-state index in [-0.39, 0.29) is 0 Å². The van der Waals surface area contributed by atoms with Crippen molar-refractivity contribution in [2.75, 3.05) is 0 Å². The van der Waals surface area contributed by atoms with E-state index in [2.05, 4.69) is 37.0 Å². The molecule has 0 aromatic heterocycles. The quantitative estimate of drug-likeness (QED) is 0.415. The zero-order chi connectivity index (χ0) is 10.5. The van der Waals surface area contributed by atoms with Crippen molar-refractivity contribution < 1.29 is 0 Å². The lowest BCUT2D eigenvalue weighted by atomic mass is 10.2. The molecule has 0 spiro atoms. The Bertz CT molecular complexity index is 218. The molecular formula is C13H19N. The van der Waals surface area contributed by atoms with Gasteiger partial charge in [-0.05, 0) is 32.1 Å². The summed E-state index contributed by atoms with van der Waals surface area (Å²) in [6.07, 6.45) is 16.4. The van der Waals surface area contributed by atoms with Crippen LogP contribution in [-0.4, -0.2) is 0 Å². The topological polar surface area (TPSA) is 23.8 Å². The zero-order valence-electron chi connectivity index (χ0n) is 8.78. The SMILES string of the molecule is C=CC/C=C/C/C=C/CCCCC#N. The molecule has 0 unspecified atom stereocenters. The first-order valence-electron chi connectivity index (χ1n) is 5.19. The lowest BCUT2D eigenvalue weighted by Crippen LogP contribution is -1.71. The Kier molecular flexibility index (Phi) is 10.6. The third-order valence-corrected chi connectivity index (χ3v) is 1.82. The molecule has 0 fully saturated rings. The van der Waals surface area contributed by atoms with Gasteiger partial charge in [-0.25, -0.2) is 0 Å². The minimum absolute atomic E-state index is 0.688. The molecule has 0 rings (SSSR count).